The summed E-state index contributed by atoms with van der Waals surface area (Å²) in [6.07, 6.45) is 7.06. The van der Waals surface area contributed by atoms with E-state index in [4.69, 9.17) is 4.98 Å². The minimum absolute atomic E-state index is 0.278. The lowest BCUT2D eigenvalue weighted by Gasteiger charge is -2.31. The van der Waals surface area contributed by atoms with Gasteiger partial charge in [-0.1, -0.05) is 12.1 Å². The second kappa shape index (κ2) is 7.75. The van der Waals surface area contributed by atoms with E-state index in [1.54, 1.807) is 12.4 Å². The number of benzene rings is 1. The molecule has 27 heavy (non-hydrogen) atoms. The molecule has 1 aliphatic rings. The molecule has 7 nitrogen and oxygen atoms in total. The summed E-state index contributed by atoms with van der Waals surface area (Å²) < 4.78 is 1.85. The van der Waals surface area contributed by atoms with Gasteiger partial charge in [-0.25, -0.2) is 9.67 Å². The number of hydrogen-bond donors (Lipinski definition) is 1. The molecular weight excluding hydrogens is 340 g/mol. The Morgan fingerprint density at radius 1 is 1.22 bits per heavy atom. The molecule has 0 spiro atoms. The molecule has 1 fully saturated rings. The highest BCUT2D eigenvalue weighted by Crippen LogP contribution is 2.20. The van der Waals surface area contributed by atoms with Gasteiger partial charge < -0.3 is 14.9 Å². The first-order valence-electron chi connectivity index (χ1n) is 9.25. The molecule has 0 radical (unpaired) electrons. The third kappa shape index (κ3) is 4.09. The number of aliphatic hydroxyl groups is 1. The van der Waals surface area contributed by atoms with Crippen molar-refractivity contribution in [3.63, 3.8) is 0 Å². The summed E-state index contributed by atoms with van der Waals surface area (Å²) in [5.74, 6) is 1.55. The normalized spacial score (nSPS) is 17.1. The molecule has 3 aromatic rings. The molecule has 0 amide bonds. The third-order valence-electron chi connectivity index (χ3n) is 4.79. The summed E-state index contributed by atoms with van der Waals surface area (Å²) in [4.78, 5) is 13.3. The van der Waals surface area contributed by atoms with Gasteiger partial charge in [0, 0.05) is 45.3 Å². The third-order valence-corrected chi connectivity index (χ3v) is 4.79. The van der Waals surface area contributed by atoms with E-state index in [-0.39, 0.29) is 6.10 Å². The number of β-amino-alcohol motifs (C(OH)–C–C–N with tert-alkyl or cyclic N) is 1. The number of anilines is 2. The van der Waals surface area contributed by atoms with Gasteiger partial charge in [0.2, 0.25) is 5.95 Å². The second-order valence-electron chi connectivity index (χ2n) is 6.93. The van der Waals surface area contributed by atoms with Crippen molar-refractivity contribution < 1.29 is 5.11 Å². The Balaban J connectivity index is 1.49. The maximum atomic E-state index is 9.92. The monoisotopic (exact) mass is 364 g/mol. The molecule has 1 aliphatic heterocycles. The van der Waals surface area contributed by atoms with Crippen LogP contribution in [0.25, 0.3) is 5.69 Å². The van der Waals surface area contributed by atoms with Gasteiger partial charge in [-0.05, 0) is 42.7 Å². The summed E-state index contributed by atoms with van der Waals surface area (Å²) in [7, 11) is 1.99. The Morgan fingerprint density at radius 3 is 2.96 bits per heavy atom. The lowest BCUT2D eigenvalue weighted by molar-refractivity contribution is 0.154. The molecule has 0 bridgehead atoms. The van der Waals surface area contributed by atoms with E-state index in [0.717, 1.165) is 36.5 Å². The lowest BCUT2D eigenvalue weighted by Crippen LogP contribution is -2.38. The van der Waals surface area contributed by atoms with Crippen LogP contribution in [-0.4, -0.2) is 51.1 Å². The zero-order valence-corrected chi connectivity index (χ0v) is 15.4. The average Bonchev–Trinajstić information content (AvgIpc) is 3.23. The molecule has 0 unspecified atom stereocenters. The van der Waals surface area contributed by atoms with Crippen LogP contribution in [0.4, 0.5) is 11.8 Å². The fourth-order valence-electron chi connectivity index (χ4n) is 3.43. The quantitative estimate of drug-likeness (QED) is 0.749. The zero-order valence-electron chi connectivity index (χ0n) is 15.4. The first kappa shape index (κ1) is 17.5. The molecule has 1 aromatic carbocycles. The van der Waals surface area contributed by atoms with Crippen LogP contribution in [0.3, 0.4) is 0 Å². The van der Waals surface area contributed by atoms with Gasteiger partial charge in [-0.3, -0.25) is 0 Å². The van der Waals surface area contributed by atoms with Crippen molar-refractivity contribution in [3.8, 4) is 5.69 Å². The fourth-order valence-corrected chi connectivity index (χ4v) is 3.43. The lowest BCUT2D eigenvalue weighted by atomic mass is 10.1. The minimum atomic E-state index is -0.278. The van der Waals surface area contributed by atoms with Gasteiger partial charge in [0.25, 0.3) is 0 Å². The van der Waals surface area contributed by atoms with Crippen molar-refractivity contribution in [2.75, 3.05) is 29.9 Å². The van der Waals surface area contributed by atoms with Crippen LogP contribution in [0.1, 0.15) is 18.4 Å². The molecule has 1 saturated heterocycles. The smallest absolute Gasteiger partial charge is 0.227 e. The van der Waals surface area contributed by atoms with E-state index >= 15 is 0 Å². The number of rotatable bonds is 5. The van der Waals surface area contributed by atoms with Gasteiger partial charge in [0.1, 0.15) is 5.82 Å². The summed E-state index contributed by atoms with van der Waals surface area (Å²) in [6, 6.07) is 12.1. The molecule has 2 aromatic heterocycles. The summed E-state index contributed by atoms with van der Waals surface area (Å²) >= 11 is 0. The van der Waals surface area contributed by atoms with Crippen LogP contribution in [0, 0.1) is 0 Å². The fraction of sp³-hybridized carbons (Fsp3) is 0.350. The Hall–Kier alpha value is -2.93. The zero-order chi connectivity index (χ0) is 18.6. The Kier molecular flexibility index (Phi) is 5.02. The minimum Gasteiger partial charge on any atom is -0.391 e. The number of piperidine rings is 1. The second-order valence-corrected chi connectivity index (χ2v) is 6.93. The maximum Gasteiger partial charge on any atom is 0.227 e. The highest BCUT2D eigenvalue weighted by atomic mass is 16.3. The standard InChI is InChI=1S/C20H24N6O/c1-24(14-16-5-2-6-17(13-16)26-12-4-9-22-26)20-21-10-8-19(23-20)25-11-3-7-18(27)15-25/h2,4-6,8-10,12-13,18,27H,3,7,11,14-15H2,1H3/t18-/m0/s1. The predicted molar refractivity (Wildman–Crippen MR) is 105 cm³/mol. The SMILES string of the molecule is CN(Cc1cccc(-n2cccn2)c1)c1nccc(N2CCC[C@H](O)C2)n1. The Morgan fingerprint density at radius 2 is 2.15 bits per heavy atom. The van der Waals surface area contributed by atoms with Crippen molar-refractivity contribution >= 4 is 11.8 Å². The van der Waals surface area contributed by atoms with Gasteiger partial charge >= 0.3 is 0 Å². The highest BCUT2D eigenvalue weighted by molar-refractivity contribution is 5.45. The van der Waals surface area contributed by atoms with Crippen molar-refractivity contribution in [2.24, 2.45) is 0 Å². The molecule has 4 rings (SSSR count). The van der Waals surface area contributed by atoms with Gasteiger partial charge in [-0.2, -0.15) is 10.1 Å². The molecule has 3 heterocycles. The molecular formula is C20H24N6O. The van der Waals surface area contributed by atoms with Crippen molar-refractivity contribution in [1.82, 2.24) is 19.7 Å². The Labute approximate surface area is 158 Å². The van der Waals surface area contributed by atoms with Crippen LogP contribution < -0.4 is 9.80 Å². The first-order valence-corrected chi connectivity index (χ1v) is 9.25. The van der Waals surface area contributed by atoms with E-state index < -0.39 is 0 Å². The molecule has 140 valence electrons. The van der Waals surface area contributed by atoms with Crippen molar-refractivity contribution in [3.05, 3.63) is 60.6 Å². The molecule has 1 atom stereocenters. The van der Waals surface area contributed by atoms with Crippen LogP contribution in [-0.2, 0) is 6.54 Å². The van der Waals surface area contributed by atoms with Crippen LogP contribution in [0.15, 0.2) is 55.0 Å². The number of hydrogen-bond acceptors (Lipinski definition) is 6. The van der Waals surface area contributed by atoms with E-state index in [9.17, 15) is 5.11 Å². The molecule has 0 saturated carbocycles. The van der Waals surface area contributed by atoms with Gasteiger partial charge in [0.15, 0.2) is 0 Å². The molecule has 1 N–H and O–H groups in total. The van der Waals surface area contributed by atoms with E-state index in [2.05, 4.69) is 27.1 Å². The number of aliphatic hydroxyl groups excluding tert-OH is 1. The average molecular weight is 364 g/mol. The predicted octanol–water partition coefficient (Wildman–Crippen LogP) is 2.26. The largest absolute Gasteiger partial charge is 0.391 e. The van der Waals surface area contributed by atoms with Crippen LogP contribution in [0.2, 0.25) is 0 Å². The maximum absolute atomic E-state index is 9.92. The van der Waals surface area contributed by atoms with E-state index in [1.165, 1.54) is 0 Å². The topological polar surface area (TPSA) is 70.3 Å². The van der Waals surface area contributed by atoms with Crippen LogP contribution in [0.5, 0.6) is 0 Å². The van der Waals surface area contributed by atoms with E-state index in [1.807, 2.05) is 47.1 Å². The van der Waals surface area contributed by atoms with E-state index in [0.29, 0.717) is 19.0 Å². The van der Waals surface area contributed by atoms with Gasteiger partial charge in [0.05, 0.1) is 11.8 Å². The van der Waals surface area contributed by atoms with Crippen molar-refractivity contribution in [2.45, 2.75) is 25.5 Å². The highest BCUT2D eigenvalue weighted by Gasteiger charge is 2.19. The molecule has 0 aliphatic carbocycles. The van der Waals surface area contributed by atoms with Gasteiger partial charge in [-0.15, -0.1) is 0 Å². The summed E-state index contributed by atoms with van der Waals surface area (Å²) in [6.45, 7) is 2.25. The first-order chi connectivity index (χ1) is 13.2. The van der Waals surface area contributed by atoms with Crippen LogP contribution >= 0.6 is 0 Å². The summed E-state index contributed by atoms with van der Waals surface area (Å²) in [5.41, 5.74) is 2.19. The Bertz CT molecular complexity index is 882. The van der Waals surface area contributed by atoms with Crippen molar-refractivity contribution in [1.29, 1.82) is 0 Å². The molecule has 7 heteroatoms. The number of nitrogens with zero attached hydrogens (tertiary/aromatic N) is 6. The number of aromatic nitrogens is 4. The summed E-state index contributed by atoms with van der Waals surface area (Å²) in [5, 5.41) is 14.2.